The molecule has 1 aromatic heterocycles. The lowest BCUT2D eigenvalue weighted by Gasteiger charge is -2.15. The van der Waals surface area contributed by atoms with Crippen LogP contribution in [0.5, 0.6) is 0 Å². The number of aromatic amines is 1. The molecule has 0 saturated heterocycles. The average Bonchev–Trinajstić information content (AvgIpc) is 2.15. The van der Waals surface area contributed by atoms with Gasteiger partial charge in [-0.1, -0.05) is 0 Å². The Morgan fingerprint density at radius 2 is 2.50 bits per heavy atom. The van der Waals surface area contributed by atoms with Gasteiger partial charge in [-0.3, -0.25) is 10.2 Å². The quantitative estimate of drug-likeness (QED) is 0.447. The summed E-state index contributed by atoms with van der Waals surface area (Å²) < 4.78 is 0. The molecule has 0 aliphatic carbocycles. The number of amidine groups is 1. The number of nitrogens with two attached hydrogens (primary N) is 1. The molecule has 0 saturated carbocycles. The molecule has 1 rings (SSSR count). The Bertz CT molecular complexity index is 372. The molecular weight excluding hydrogens is 182 g/mol. The summed E-state index contributed by atoms with van der Waals surface area (Å²) in [7, 11) is 1.74. The molecule has 6 heteroatoms. The maximum Gasteiger partial charge on any atom is 0.290 e. The monoisotopic (exact) mass is 195 g/mol. The predicted molar refractivity (Wildman–Crippen MR) is 54.7 cm³/mol. The van der Waals surface area contributed by atoms with E-state index in [-0.39, 0.29) is 11.4 Å². The van der Waals surface area contributed by atoms with E-state index in [2.05, 4.69) is 9.97 Å². The topological polar surface area (TPSA) is 98.9 Å². The Morgan fingerprint density at radius 1 is 1.79 bits per heavy atom. The third kappa shape index (κ3) is 2.58. The molecule has 0 fully saturated rings. The zero-order chi connectivity index (χ0) is 10.6. The van der Waals surface area contributed by atoms with Gasteiger partial charge in [0.2, 0.25) is 0 Å². The highest BCUT2D eigenvalue weighted by molar-refractivity contribution is 5.77. The fraction of sp³-hybridized carbons (Fsp3) is 0.375. The lowest BCUT2D eigenvalue weighted by Crippen LogP contribution is -2.29. The van der Waals surface area contributed by atoms with Crippen molar-refractivity contribution in [1.29, 1.82) is 5.41 Å². The van der Waals surface area contributed by atoms with Crippen LogP contribution in [-0.4, -0.2) is 29.4 Å². The molecule has 1 heterocycles. The van der Waals surface area contributed by atoms with Gasteiger partial charge in [-0.05, 0) is 0 Å². The number of hydrogen-bond donors (Lipinski definition) is 3. The smallest absolute Gasteiger partial charge is 0.290 e. The first-order valence-corrected chi connectivity index (χ1v) is 4.19. The molecule has 0 spiro atoms. The summed E-state index contributed by atoms with van der Waals surface area (Å²) in [4.78, 5) is 19.4. The Balaban J connectivity index is 2.70. The van der Waals surface area contributed by atoms with Gasteiger partial charge in [-0.2, -0.15) is 0 Å². The van der Waals surface area contributed by atoms with Crippen molar-refractivity contribution in [3.05, 3.63) is 22.7 Å². The van der Waals surface area contributed by atoms with Crippen LogP contribution in [0.1, 0.15) is 6.42 Å². The fourth-order valence-electron chi connectivity index (χ4n) is 1.01. The number of anilines is 1. The minimum atomic E-state index is -0.237. The average molecular weight is 195 g/mol. The molecule has 76 valence electrons. The first kappa shape index (κ1) is 10.2. The zero-order valence-corrected chi connectivity index (χ0v) is 7.95. The number of H-pyrrole nitrogens is 1. The molecular formula is C8H13N5O. The second kappa shape index (κ2) is 4.40. The Labute approximate surface area is 81.3 Å². The van der Waals surface area contributed by atoms with Gasteiger partial charge in [0.25, 0.3) is 5.56 Å². The number of hydrogen-bond acceptors (Lipinski definition) is 4. The van der Waals surface area contributed by atoms with E-state index in [1.165, 1.54) is 12.4 Å². The van der Waals surface area contributed by atoms with Gasteiger partial charge in [-0.25, -0.2) is 4.98 Å². The zero-order valence-electron chi connectivity index (χ0n) is 7.95. The van der Waals surface area contributed by atoms with Gasteiger partial charge in [0.15, 0.2) is 5.82 Å². The number of nitrogens with zero attached hydrogens (tertiary/aromatic N) is 2. The van der Waals surface area contributed by atoms with Gasteiger partial charge in [0.1, 0.15) is 0 Å². The molecule has 1 aromatic rings. The van der Waals surface area contributed by atoms with Crippen molar-refractivity contribution in [3.63, 3.8) is 0 Å². The van der Waals surface area contributed by atoms with E-state index in [0.717, 1.165) is 0 Å². The summed E-state index contributed by atoms with van der Waals surface area (Å²) >= 11 is 0. The minimum Gasteiger partial charge on any atom is -0.388 e. The Hall–Kier alpha value is -1.85. The maximum atomic E-state index is 11.3. The molecule has 0 radical (unpaired) electrons. The highest BCUT2D eigenvalue weighted by atomic mass is 16.1. The van der Waals surface area contributed by atoms with Crippen molar-refractivity contribution in [2.75, 3.05) is 18.5 Å². The number of aromatic nitrogens is 2. The summed E-state index contributed by atoms with van der Waals surface area (Å²) in [6, 6.07) is 0. The van der Waals surface area contributed by atoms with Crippen molar-refractivity contribution < 1.29 is 0 Å². The van der Waals surface area contributed by atoms with E-state index in [9.17, 15) is 4.79 Å². The van der Waals surface area contributed by atoms with Crippen LogP contribution < -0.4 is 16.2 Å². The summed E-state index contributed by atoms with van der Waals surface area (Å²) in [5.41, 5.74) is 4.97. The predicted octanol–water partition coefficient (Wildman–Crippen LogP) is -0.468. The van der Waals surface area contributed by atoms with E-state index in [1.807, 2.05) is 0 Å². The van der Waals surface area contributed by atoms with Gasteiger partial charge >= 0.3 is 0 Å². The van der Waals surface area contributed by atoms with Gasteiger partial charge < -0.3 is 15.6 Å². The molecule has 4 N–H and O–H groups in total. The summed E-state index contributed by atoms with van der Waals surface area (Å²) in [5, 5.41) is 7.05. The van der Waals surface area contributed by atoms with Crippen LogP contribution in [0.4, 0.5) is 5.82 Å². The van der Waals surface area contributed by atoms with Crippen LogP contribution in [0, 0.1) is 5.41 Å². The van der Waals surface area contributed by atoms with E-state index in [4.69, 9.17) is 11.1 Å². The van der Waals surface area contributed by atoms with Crippen molar-refractivity contribution in [3.8, 4) is 0 Å². The fourth-order valence-corrected chi connectivity index (χ4v) is 1.01. The first-order chi connectivity index (χ1) is 6.61. The van der Waals surface area contributed by atoms with Crippen LogP contribution in [0.15, 0.2) is 17.2 Å². The van der Waals surface area contributed by atoms with E-state index in [0.29, 0.717) is 18.8 Å². The Morgan fingerprint density at radius 3 is 3.07 bits per heavy atom. The molecule has 0 aliphatic heterocycles. The molecule has 0 aromatic carbocycles. The largest absolute Gasteiger partial charge is 0.388 e. The normalized spacial score (nSPS) is 9.79. The molecule has 14 heavy (non-hydrogen) atoms. The summed E-state index contributed by atoms with van der Waals surface area (Å²) in [5.74, 6) is 0.443. The number of rotatable bonds is 4. The lowest BCUT2D eigenvalue weighted by molar-refractivity contribution is 0.874. The van der Waals surface area contributed by atoms with E-state index < -0.39 is 0 Å². The van der Waals surface area contributed by atoms with Crippen LogP contribution in [0.2, 0.25) is 0 Å². The first-order valence-electron chi connectivity index (χ1n) is 4.19. The lowest BCUT2D eigenvalue weighted by atomic mass is 10.4. The van der Waals surface area contributed by atoms with Crippen molar-refractivity contribution in [2.24, 2.45) is 5.73 Å². The van der Waals surface area contributed by atoms with Gasteiger partial charge in [-0.15, -0.1) is 0 Å². The molecule has 0 atom stereocenters. The van der Waals surface area contributed by atoms with E-state index >= 15 is 0 Å². The SMILES string of the molecule is CN(CCC(=N)N)c1ncc[nH]c1=O. The third-order valence-corrected chi connectivity index (χ3v) is 1.77. The van der Waals surface area contributed by atoms with Gasteiger partial charge in [0.05, 0.1) is 5.84 Å². The van der Waals surface area contributed by atoms with Crippen LogP contribution >= 0.6 is 0 Å². The van der Waals surface area contributed by atoms with Crippen LogP contribution in [0.25, 0.3) is 0 Å². The maximum absolute atomic E-state index is 11.3. The highest BCUT2D eigenvalue weighted by Gasteiger charge is 2.06. The van der Waals surface area contributed by atoms with Crippen molar-refractivity contribution in [1.82, 2.24) is 9.97 Å². The van der Waals surface area contributed by atoms with Gasteiger partial charge in [0, 0.05) is 32.4 Å². The highest BCUT2D eigenvalue weighted by Crippen LogP contribution is 1.99. The molecule has 0 aliphatic rings. The third-order valence-electron chi connectivity index (χ3n) is 1.77. The summed E-state index contributed by atoms with van der Waals surface area (Å²) in [6.45, 7) is 0.509. The standard InChI is InChI=1S/C8H13N5O/c1-13(5-2-6(9)10)7-8(14)12-4-3-11-7/h3-4H,2,5H2,1H3,(H3,9,10)(H,12,14). The molecule has 0 unspecified atom stereocenters. The second-order valence-electron chi connectivity index (χ2n) is 2.94. The summed E-state index contributed by atoms with van der Waals surface area (Å²) in [6.07, 6.45) is 3.41. The van der Waals surface area contributed by atoms with Crippen molar-refractivity contribution >= 4 is 11.7 Å². The molecule has 0 bridgehead atoms. The van der Waals surface area contributed by atoms with Crippen molar-refractivity contribution in [2.45, 2.75) is 6.42 Å². The Kier molecular flexibility index (Phi) is 3.22. The molecule has 6 nitrogen and oxygen atoms in total. The van der Waals surface area contributed by atoms with Crippen LogP contribution in [-0.2, 0) is 0 Å². The number of nitrogens with one attached hydrogen (secondary N) is 2. The minimum absolute atomic E-state index is 0.101. The molecule has 0 amide bonds. The van der Waals surface area contributed by atoms with E-state index in [1.54, 1.807) is 11.9 Å². The second-order valence-corrected chi connectivity index (χ2v) is 2.94. The van der Waals surface area contributed by atoms with Crippen LogP contribution in [0.3, 0.4) is 0 Å².